The van der Waals surface area contributed by atoms with Crippen LogP contribution in [0.5, 0.6) is 0 Å². The molecule has 0 bridgehead atoms. The number of aryl methyl sites for hydroxylation is 1. The van der Waals surface area contributed by atoms with Crippen LogP contribution < -0.4 is 30.9 Å². The molecule has 368 valence electrons. The Kier molecular flexibility index (Phi) is 12.7. The Bertz CT molecular complexity index is 2900. The smallest absolute Gasteiger partial charge is 0.293 e. The lowest BCUT2D eigenvalue weighted by atomic mass is 9.79. The molecule has 16 nitrogen and oxygen atoms in total. The predicted octanol–water partition coefficient (Wildman–Crippen LogP) is 6.82. The molecule has 1 aromatic carbocycles. The van der Waals surface area contributed by atoms with Gasteiger partial charge in [0, 0.05) is 136 Å². The van der Waals surface area contributed by atoms with Crippen LogP contribution in [0, 0.1) is 5.41 Å². The van der Waals surface area contributed by atoms with Crippen molar-refractivity contribution in [2.24, 2.45) is 12.5 Å². The summed E-state index contributed by atoms with van der Waals surface area (Å²) in [6.45, 7) is 20.8. The second-order valence-corrected chi connectivity index (χ2v) is 21.2. The fourth-order valence-corrected chi connectivity index (χ4v) is 11.9. The van der Waals surface area contributed by atoms with Crippen molar-refractivity contribution in [3.8, 4) is 11.3 Å². The van der Waals surface area contributed by atoms with Crippen LogP contribution >= 0.6 is 0 Å². The third kappa shape index (κ3) is 8.89. The minimum Gasteiger partial charge on any atom is -0.392 e. The van der Waals surface area contributed by atoms with Crippen LogP contribution in [0.4, 0.5) is 34.4 Å². The van der Waals surface area contributed by atoms with Gasteiger partial charge in [-0.15, -0.1) is 0 Å². The topological polar surface area (TPSA) is 166 Å². The summed E-state index contributed by atoms with van der Waals surface area (Å²) in [5.41, 5.74) is 8.78. The number of carbonyl (C=O) groups is 2. The van der Waals surface area contributed by atoms with Crippen molar-refractivity contribution in [1.29, 1.82) is 0 Å². The fraction of sp³-hybridized carbons (Fsp3) is 0.481. The van der Waals surface area contributed by atoms with Gasteiger partial charge in [0.25, 0.3) is 11.5 Å². The van der Waals surface area contributed by atoms with Crippen LogP contribution in [0.1, 0.15) is 93.3 Å². The fourth-order valence-electron chi connectivity index (χ4n) is 11.9. The Balaban J connectivity index is 0.845. The lowest BCUT2D eigenvalue weighted by Crippen LogP contribution is -2.58. The summed E-state index contributed by atoms with van der Waals surface area (Å²) in [4.78, 5) is 64.2. The van der Waals surface area contributed by atoms with Gasteiger partial charge in [0.05, 0.1) is 23.7 Å². The summed E-state index contributed by atoms with van der Waals surface area (Å²) >= 11 is 0. The lowest BCUT2D eigenvalue weighted by Gasteiger charge is -2.48. The van der Waals surface area contributed by atoms with E-state index >= 15 is 0 Å². The van der Waals surface area contributed by atoms with E-state index in [4.69, 9.17) is 14.7 Å². The maximum absolute atomic E-state index is 14.1. The quantitative estimate of drug-likeness (QED) is 0.119. The van der Waals surface area contributed by atoms with Gasteiger partial charge in [0.15, 0.2) is 5.82 Å². The molecule has 3 N–H and O–H groups in total. The van der Waals surface area contributed by atoms with E-state index in [1.807, 2.05) is 30.5 Å². The zero-order valence-corrected chi connectivity index (χ0v) is 41.5. The molecule has 3 fully saturated rings. The van der Waals surface area contributed by atoms with E-state index < -0.39 is 6.61 Å². The number of nitrogens with one attached hydrogen (secondary N) is 2. The number of hydrogen-bond donors (Lipinski definition) is 3. The zero-order valence-electron chi connectivity index (χ0n) is 41.5. The van der Waals surface area contributed by atoms with Gasteiger partial charge in [-0.3, -0.25) is 29.2 Å². The summed E-state index contributed by atoms with van der Waals surface area (Å²) in [5, 5.41) is 17.1. The maximum atomic E-state index is 14.1. The van der Waals surface area contributed by atoms with Crippen LogP contribution in [0.15, 0.2) is 78.5 Å². The average molecular weight is 950 g/mol. The molecule has 16 heteroatoms. The maximum Gasteiger partial charge on any atom is 0.293 e. The van der Waals surface area contributed by atoms with Crippen LogP contribution in [0.2, 0.25) is 0 Å². The molecule has 0 spiro atoms. The SMILES string of the molecule is C=CC(=O)Nc1cc(Nc2nc(-c3ccnc(N4CCn5c(cc6c5CC(C)(C)C6)C4=O)c3CO)cn(C)c2=O)ccc1N1CCN(C2CCN(c3ccnc(C4(C)CCOCC4)c3)[C@@H](C)C2)C[C@@H]1C. The van der Waals surface area contributed by atoms with Crippen molar-refractivity contribution in [3.05, 3.63) is 112 Å². The summed E-state index contributed by atoms with van der Waals surface area (Å²) in [5.74, 6) is -0.0788. The van der Waals surface area contributed by atoms with Crippen molar-refractivity contribution in [2.75, 3.05) is 71.3 Å². The predicted molar refractivity (Wildman–Crippen MR) is 274 cm³/mol. The Labute approximate surface area is 410 Å². The first-order valence-corrected chi connectivity index (χ1v) is 25.0. The molecule has 3 saturated heterocycles. The molecular weight excluding hydrogens is 883 g/mol. The van der Waals surface area contributed by atoms with Crippen LogP contribution in [-0.2, 0) is 48.0 Å². The number of benzene rings is 1. The Hall–Kier alpha value is -6.36. The van der Waals surface area contributed by atoms with Crippen LogP contribution in [0.25, 0.3) is 11.3 Å². The normalized spacial score (nSPS) is 22.1. The molecule has 5 aromatic rings. The zero-order chi connectivity index (χ0) is 49.1. The summed E-state index contributed by atoms with van der Waals surface area (Å²) in [6.07, 6.45) is 12.4. The van der Waals surface area contributed by atoms with Gasteiger partial charge >= 0.3 is 0 Å². The standard InChI is InChI=1S/C54H67N11O5/c1-8-48(67)58-42-27-37(9-10-44(42)63-20-19-61(31-35(63)3)38-13-18-62(34(2)25-38)39-11-16-55-47(28-39)54(6)14-23-70-24-15-54)57-49-52(69)60(7)32-43(59-49)40-12-17-56-50(41(40)33-66)65-22-21-64-45(51(65)68)26-36-29-53(4,5)30-46(36)64/h8-12,16-17,26-28,32,34-35,38,66H,1,13-15,18-25,29-31,33H2,2-7H3,(H,57,59)(H,58,67)/t34-,35-,38?/m0/s1. The molecule has 0 radical (unpaired) electrons. The third-order valence-electron chi connectivity index (χ3n) is 15.7. The van der Waals surface area contributed by atoms with Gasteiger partial charge in [-0.05, 0) is 112 Å². The summed E-state index contributed by atoms with van der Waals surface area (Å²) in [7, 11) is 1.65. The number of anilines is 6. The Morgan fingerprint density at radius 2 is 1.74 bits per heavy atom. The number of nitrogens with zero attached hydrogens (tertiary/aromatic N) is 9. The Morgan fingerprint density at radius 1 is 0.943 bits per heavy atom. The van der Waals surface area contributed by atoms with E-state index in [2.05, 4.69) is 88.2 Å². The van der Waals surface area contributed by atoms with E-state index in [0.29, 0.717) is 64.9 Å². The highest BCUT2D eigenvalue weighted by Gasteiger charge is 2.39. The molecule has 1 unspecified atom stereocenters. The number of fused-ring (bicyclic) bond motifs is 3. The first-order chi connectivity index (χ1) is 33.6. The number of aliphatic hydroxyl groups is 1. The molecule has 4 aliphatic heterocycles. The molecule has 0 saturated carbocycles. The highest BCUT2D eigenvalue weighted by atomic mass is 16.5. The highest BCUT2D eigenvalue weighted by molar-refractivity contribution is 6.06. The second-order valence-electron chi connectivity index (χ2n) is 21.2. The highest BCUT2D eigenvalue weighted by Crippen LogP contribution is 2.41. The number of hydrogen-bond acceptors (Lipinski definition) is 12. The number of rotatable bonds is 11. The first-order valence-electron chi connectivity index (χ1n) is 25.0. The number of carbonyl (C=O) groups excluding carboxylic acids is 2. The van der Waals surface area contributed by atoms with Crippen LogP contribution in [-0.4, -0.2) is 110 Å². The van der Waals surface area contributed by atoms with Crippen molar-refractivity contribution in [1.82, 2.24) is 29.0 Å². The second kappa shape index (κ2) is 18.8. The lowest BCUT2D eigenvalue weighted by molar-refractivity contribution is -0.111. The van der Waals surface area contributed by atoms with Crippen LogP contribution in [0.3, 0.4) is 0 Å². The van der Waals surface area contributed by atoms with E-state index in [-0.39, 0.29) is 40.1 Å². The minimum absolute atomic E-state index is 0.0444. The van der Waals surface area contributed by atoms with Crippen molar-refractivity contribution >= 4 is 46.2 Å². The molecule has 2 amide bonds. The number of piperidine rings is 1. The summed E-state index contributed by atoms with van der Waals surface area (Å²) in [6, 6.07) is 14.9. The number of piperazine rings is 1. The molecule has 8 heterocycles. The van der Waals surface area contributed by atoms with Gasteiger partial charge in [0.1, 0.15) is 11.5 Å². The Morgan fingerprint density at radius 3 is 2.50 bits per heavy atom. The number of amides is 2. The molecule has 4 aromatic heterocycles. The monoisotopic (exact) mass is 950 g/mol. The van der Waals surface area contributed by atoms with Gasteiger partial charge < -0.3 is 39.4 Å². The van der Waals surface area contributed by atoms with E-state index in [1.54, 1.807) is 30.4 Å². The largest absolute Gasteiger partial charge is 0.392 e. The summed E-state index contributed by atoms with van der Waals surface area (Å²) < 4.78 is 9.27. The number of aliphatic hydroxyl groups excluding tert-OH is 1. The van der Waals surface area contributed by atoms with Crippen molar-refractivity contribution in [2.45, 2.75) is 110 Å². The third-order valence-corrected chi connectivity index (χ3v) is 15.7. The molecule has 10 rings (SSSR count). The number of pyridine rings is 2. The van der Waals surface area contributed by atoms with E-state index in [0.717, 1.165) is 83.6 Å². The molecule has 3 atom stereocenters. The molecule has 5 aliphatic rings. The van der Waals surface area contributed by atoms with E-state index in [1.165, 1.54) is 33.3 Å². The average Bonchev–Trinajstić information content (AvgIpc) is 3.85. The van der Waals surface area contributed by atoms with Gasteiger partial charge in [0.2, 0.25) is 5.91 Å². The van der Waals surface area contributed by atoms with Gasteiger partial charge in [-0.1, -0.05) is 27.4 Å². The number of ether oxygens (including phenoxy) is 1. The van der Waals surface area contributed by atoms with Gasteiger partial charge in [-0.2, -0.15) is 0 Å². The molecule has 1 aliphatic carbocycles. The molecular formula is C54H67N11O5. The first kappa shape index (κ1) is 47.3. The van der Waals surface area contributed by atoms with Gasteiger partial charge in [-0.25, -0.2) is 9.97 Å². The molecule has 70 heavy (non-hydrogen) atoms. The van der Waals surface area contributed by atoms with Crippen molar-refractivity contribution in [3.63, 3.8) is 0 Å². The number of aromatic nitrogens is 5. The van der Waals surface area contributed by atoms with Crippen molar-refractivity contribution < 1.29 is 19.4 Å². The minimum atomic E-state index is -0.399. The van der Waals surface area contributed by atoms with E-state index in [9.17, 15) is 19.5 Å².